The maximum atomic E-state index is 12.6. The number of carbonyl (C=O) groups excluding carboxylic acids is 1. The van der Waals surface area contributed by atoms with Crippen molar-refractivity contribution < 1.29 is 9.21 Å². The number of pyridine rings is 1. The van der Waals surface area contributed by atoms with E-state index in [2.05, 4.69) is 11.9 Å². The summed E-state index contributed by atoms with van der Waals surface area (Å²) in [6, 6.07) is 12.8. The third-order valence-electron chi connectivity index (χ3n) is 3.99. The number of amides is 1. The predicted octanol–water partition coefficient (Wildman–Crippen LogP) is 3.56. The van der Waals surface area contributed by atoms with E-state index in [4.69, 9.17) is 4.42 Å². The first kappa shape index (κ1) is 16.1. The Hall–Kier alpha value is -2.82. The van der Waals surface area contributed by atoms with Crippen LogP contribution in [0.25, 0.3) is 10.9 Å². The van der Waals surface area contributed by atoms with Gasteiger partial charge >= 0.3 is 0 Å². The van der Waals surface area contributed by atoms with Gasteiger partial charge in [0.25, 0.3) is 11.5 Å². The smallest absolute Gasteiger partial charge is 0.289 e. The van der Waals surface area contributed by atoms with Crippen molar-refractivity contribution in [3.63, 3.8) is 0 Å². The van der Waals surface area contributed by atoms with Gasteiger partial charge in [-0.2, -0.15) is 0 Å². The van der Waals surface area contributed by atoms with E-state index in [0.717, 1.165) is 23.7 Å². The van der Waals surface area contributed by atoms with E-state index in [1.54, 1.807) is 17.0 Å². The third-order valence-corrected chi connectivity index (χ3v) is 3.99. The minimum atomic E-state index is -0.194. The average Bonchev–Trinajstić information content (AvgIpc) is 3.13. The molecule has 2 heterocycles. The number of fused-ring (bicyclic) bond motifs is 1. The summed E-state index contributed by atoms with van der Waals surface area (Å²) in [5, 5.41) is 0.952. The molecule has 3 aromatic rings. The van der Waals surface area contributed by atoms with Crippen LogP contribution in [0.4, 0.5) is 0 Å². The molecule has 5 nitrogen and oxygen atoms in total. The zero-order valence-electron chi connectivity index (χ0n) is 13.6. The number of aromatic nitrogens is 1. The van der Waals surface area contributed by atoms with Gasteiger partial charge < -0.3 is 14.3 Å². The summed E-state index contributed by atoms with van der Waals surface area (Å²) in [4.78, 5) is 29.5. The molecule has 2 aromatic heterocycles. The van der Waals surface area contributed by atoms with E-state index < -0.39 is 0 Å². The van der Waals surface area contributed by atoms with E-state index in [9.17, 15) is 9.59 Å². The Balaban J connectivity index is 1.90. The number of unbranched alkanes of at least 4 members (excludes halogenated alkanes) is 1. The van der Waals surface area contributed by atoms with Gasteiger partial charge in [0.2, 0.25) is 0 Å². The van der Waals surface area contributed by atoms with Gasteiger partial charge in [-0.3, -0.25) is 9.59 Å². The van der Waals surface area contributed by atoms with E-state index in [0.29, 0.717) is 17.9 Å². The van der Waals surface area contributed by atoms with Gasteiger partial charge in [-0.25, -0.2) is 0 Å². The van der Waals surface area contributed by atoms with Crippen molar-refractivity contribution in [1.29, 1.82) is 0 Å². The van der Waals surface area contributed by atoms with Crippen LogP contribution in [-0.2, 0) is 6.54 Å². The number of rotatable bonds is 6. The van der Waals surface area contributed by atoms with Crippen LogP contribution < -0.4 is 5.56 Å². The van der Waals surface area contributed by atoms with Crippen molar-refractivity contribution in [3.05, 3.63) is 70.4 Å². The molecule has 1 N–H and O–H groups in total. The molecular formula is C19H20N2O3. The topological polar surface area (TPSA) is 66.3 Å². The fourth-order valence-electron chi connectivity index (χ4n) is 2.67. The molecule has 124 valence electrons. The molecule has 0 fully saturated rings. The molecule has 5 heteroatoms. The minimum absolute atomic E-state index is 0.164. The highest BCUT2D eigenvalue weighted by Gasteiger charge is 2.19. The Morgan fingerprint density at radius 1 is 1.21 bits per heavy atom. The van der Waals surface area contributed by atoms with E-state index >= 15 is 0 Å². The van der Waals surface area contributed by atoms with E-state index in [1.165, 1.54) is 6.26 Å². The zero-order chi connectivity index (χ0) is 16.9. The van der Waals surface area contributed by atoms with Gasteiger partial charge in [-0.15, -0.1) is 0 Å². The molecule has 0 aliphatic carbocycles. The summed E-state index contributed by atoms with van der Waals surface area (Å²) >= 11 is 0. The summed E-state index contributed by atoms with van der Waals surface area (Å²) in [6.45, 7) is 2.92. The Bertz CT molecular complexity index is 881. The Kier molecular flexibility index (Phi) is 4.79. The molecule has 1 aromatic carbocycles. The molecule has 0 saturated carbocycles. The first-order valence-electron chi connectivity index (χ1n) is 8.12. The first-order chi connectivity index (χ1) is 11.7. The number of hydrogen-bond donors (Lipinski definition) is 1. The molecule has 0 spiro atoms. The number of aromatic amines is 1. The van der Waals surface area contributed by atoms with Crippen LogP contribution in [0.3, 0.4) is 0 Å². The van der Waals surface area contributed by atoms with Crippen molar-refractivity contribution in [1.82, 2.24) is 9.88 Å². The summed E-state index contributed by atoms with van der Waals surface area (Å²) in [5.74, 6) is 0.101. The molecule has 0 radical (unpaired) electrons. The Morgan fingerprint density at radius 2 is 2.04 bits per heavy atom. The Labute approximate surface area is 139 Å². The molecule has 0 unspecified atom stereocenters. The summed E-state index contributed by atoms with van der Waals surface area (Å²) in [5.41, 5.74) is 1.20. The number of carbonyl (C=O) groups is 1. The highest BCUT2D eigenvalue weighted by Crippen LogP contribution is 2.14. The van der Waals surface area contributed by atoms with Crippen LogP contribution in [0.1, 0.15) is 35.9 Å². The molecule has 0 atom stereocenters. The molecule has 0 aliphatic rings. The summed E-state index contributed by atoms with van der Waals surface area (Å²) in [7, 11) is 0. The van der Waals surface area contributed by atoms with Crippen LogP contribution in [-0.4, -0.2) is 22.3 Å². The standard InChI is InChI=1S/C19H20N2O3/c1-2-3-10-21(19(23)17-9-6-11-24-17)13-15-12-14-7-4-5-8-16(14)20-18(15)22/h4-9,11-12H,2-3,10,13H2,1H3,(H,20,22). The molecule has 0 saturated heterocycles. The average molecular weight is 324 g/mol. The third kappa shape index (κ3) is 3.40. The summed E-state index contributed by atoms with van der Waals surface area (Å²) < 4.78 is 5.22. The van der Waals surface area contributed by atoms with E-state index in [-0.39, 0.29) is 18.0 Å². The van der Waals surface area contributed by atoms with Crippen LogP contribution in [0.15, 0.2) is 57.9 Å². The van der Waals surface area contributed by atoms with Gasteiger partial charge in [-0.05, 0) is 36.1 Å². The number of furan rings is 1. The van der Waals surface area contributed by atoms with Crippen molar-refractivity contribution >= 4 is 16.8 Å². The highest BCUT2D eigenvalue weighted by atomic mass is 16.3. The number of H-pyrrole nitrogens is 1. The fourth-order valence-corrected chi connectivity index (χ4v) is 2.67. The van der Waals surface area contributed by atoms with Gasteiger partial charge in [0.1, 0.15) is 0 Å². The summed E-state index contributed by atoms with van der Waals surface area (Å²) in [6.07, 6.45) is 3.32. The second kappa shape index (κ2) is 7.17. The fraction of sp³-hybridized carbons (Fsp3) is 0.263. The number of nitrogens with zero attached hydrogens (tertiary/aromatic N) is 1. The largest absolute Gasteiger partial charge is 0.459 e. The number of para-hydroxylation sites is 1. The first-order valence-corrected chi connectivity index (χ1v) is 8.12. The number of benzene rings is 1. The molecule has 1 amide bonds. The Morgan fingerprint density at radius 3 is 2.79 bits per heavy atom. The van der Waals surface area contributed by atoms with Crippen molar-refractivity contribution in [2.45, 2.75) is 26.3 Å². The lowest BCUT2D eigenvalue weighted by molar-refractivity contribution is 0.0708. The highest BCUT2D eigenvalue weighted by molar-refractivity contribution is 5.91. The maximum Gasteiger partial charge on any atom is 0.289 e. The van der Waals surface area contributed by atoms with Crippen molar-refractivity contribution in [2.24, 2.45) is 0 Å². The zero-order valence-corrected chi connectivity index (χ0v) is 13.6. The lowest BCUT2D eigenvalue weighted by atomic mass is 10.1. The predicted molar refractivity (Wildman–Crippen MR) is 92.9 cm³/mol. The van der Waals surface area contributed by atoms with Crippen LogP contribution in [0.5, 0.6) is 0 Å². The van der Waals surface area contributed by atoms with Crippen LogP contribution >= 0.6 is 0 Å². The van der Waals surface area contributed by atoms with Crippen LogP contribution in [0, 0.1) is 0 Å². The molecule has 3 rings (SSSR count). The minimum Gasteiger partial charge on any atom is -0.459 e. The maximum absolute atomic E-state index is 12.6. The molecule has 0 aliphatic heterocycles. The van der Waals surface area contributed by atoms with Gasteiger partial charge in [-0.1, -0.05) is 31.5 Å². The lowest BCUT2D eigenvalue weighted by Gasteiger charge is -2.21. The van der Waals surface area contributed by atoms with E-state index in [1.807, 2.05) is 30.3 Å². The quantitative estimate of drug-likeness (QED) is 0.754. The lowest BCUT2D eigenvalue weighted by Crippen LogP contribution is -2.33. The van der Waals surface area contributed by atoms with Crippen molar-refractivity contribution in [2.75, 3.05) is 6.54 Å². The normalized spacial score (nSPS) is 10.9. The molecule has 24 heavy (non-hydrogen) atoms. The SMILES string of the molecule is CCCCN(Cc1cc2ccccc2[nH]c1=O)C(=O)c1ccco1. The second-order valence-electron chi connectivity index (χ2n) is 5.77. The van der Waals surface area contributed by atoms with Gasteiger partial charge in [0, 0.05) is 17.6 Å². The molecular weight excluding hydrogens is 304 g/mol. The monoisotopic (exact) mass is 324 g/mol. The number of hydrogen-bond acceptors (Lipinski definition) is 3. The van der Waals surface area contributed by atoms with Crippen LogP contribution in [0.2, 0.25) is 0 Å². The number of nitrogens with one attached hydrogen (secondary N) is 1. The second-order valence-corrected chi connectivity index (χ2v) is 5.77. The van der Waals surface area contributed by atoms with Gasteiger partial charge in [0.15, 0.2) is 5.76 Å². The van der Waals surface area contributed by atoms with Gasteiger partial charge in [0.05, 0.1) is 12.8 Å². The molecule has 0 bridgehead atoms. The van der Waals surface area contributed by atoms with Crippen molar-refractivity contribution in [3.8, 4) is 0 Å².